The van der Waals surface area contributed by atoms with Gasteiger partial charge in [0.2, 0.25) is 11.8 Å². The highest BCUT2D eigenvalue weighted by Crippen LogP contribution is 2.35. The van der Waals surface area contributed by atoms with E-state index in [0.29, 0.717) is 38.9 Å². The zero-order valence-corrected chi connectivity index (χ0v) is 13.7. The van der Waals surface area contributed by atoms with Gasteiger partial charge >= 0.3 is 0 Å². The molecule has 4 N–H and O–H groups in total. The lowest BCUT2D eigenvalue weighted by molar-refractivity contribution is -0.127. The molecule has 0 aromatic carbocycles. The number of nitrogens with zero attached hydrogens (tertiary/aromatic N) is 1. The molecule has 9 nitrogen and oxygen atoms in total. The molecule has 0 aliphatic carbocycles. The van der Waals surface area contributed by atoms with E-state index in [9.17, 15) is 14.4 Å². The summed E-state index contributed by atoms with van der Waals surface area (Å²) in [5.74, 6) is -0.646. The summed E-state index contributed by atoms with van der Waals surface area (Å²) >= 11 is 0. The van der Waals surface area contributed by atoms with Gasteiger partial charge in [0.05, 0.1) is 0 Å². The van der Waals surface area contributed by atoms with Crippen molar-refractivity contribution in [3.63, 3.8) is 0 Å². The van der Waals surface area contributed by atoms with Gasteiger partial charge in [0.25, 0.3) is 5.91 Å². The second-order valence-corrected chi connectivity index (χ2v) is 5.33. The van der Waals surface area contributed by atoms with Crippen LogP contribution in [-0.2, 0) is 23.9 Å². The molecular weight excluding hydrogens is 304 g/mol. The Bertz CT molecular complexity index is 431. The Kier molecular flexibility index (Phi) is 7.93. The highest BCUT2D eigenvalue weighted by molar-refractivity contribution is 6.04. The fourth-order valence-corrected chi connectivity index (χ4v) is 2.47. The van der Waals surface area contributed by atoms with E-state index in [1.54, 1.807) is 4.90 Å². The standard InChI is InChI=1S/C14H26N4O5/c1-22-9-11(19)16-7-4-3-5-14(17-12(20)10-23-2)13(21)18(14)8-6-15/h3-10,15H2,1-2H3,(H,16,19)(H,17,20). The molecule has 1 aliphatic rings. The van der Waals surface area contributed by atoms with E-state index in [2.05, 4.69) is 10.6 Å². The molecule has 1 saturated heterocycles. The van der Waals surface area contributed by atoms with E-state index in [4.69, 9.17) is 15.2 Å². The zero-order chi connectivity index (χ0) is 17.3. The molecule has 1 aliphatic heterocycles. The SMILES string of the molecule is COCC(=O)NCCCCC1(NC(=O)COC)C(=O)N1CCN. The van der Waals surface area contributed by atoms with Crippen LogP contribution in [0.25, 0.3) is 0 Å². The van der Waals surface area contributed by atoms with Crippen molar-refractivity contribution in [1.82, 2.24) is 15.5 Å². The van der Waals surface area contributed by atoms with E-state index in [0.717, 1.165) is 0 Å². The van der Waals surface area contributed by atoms with Gasteiger partial charge in [0.1, 0.15) is 13.2 Å². The predicted octanol–water partition coefficient (Wildman–Crippen LogP) is -1.82. The fraction of sp³-hybridized carbons (Fsp3) is 0.786. The Labute approximate surface area is 135 Å². The maximum Gasteiger partial charge on any atom is 0.271 e. The number of ether oxygens (including phenoxy) is 2. The largest absolute Gasteiger partial charge is 0.375 e. The maximum atomic E-state index is 12.1. The molecule has 132 valence electrons. The predicted molar refractivity (Wildman–Crippen MR) is 82.3 cm³/mol. The highest BCUT2D eigenvalue weighted by atomic mass is 16.5. The number of amides is 3. The average molecular weight is 330 g/mol. The average Bonchev–Trinajstić information content (AvgIpc) is 3.02. The van der Waals surface area contributed by atoms with Crippen molar-refractivity contribution in [2.24, 2.45) is 5.73 Å². The van der Waals surface area contributed by atoms with Crippen LogP contribution in [0, 0.1) is 0 Å². The van der Waals surface area contributed by atoms with Crippen LogP contribution >= 0.6 is 0 Å². The van der Waals surface area contributed by atoms with Gasteiger partial charge in [-0.25, -0.2) is 0 Å². The van der Waals surface area contributed by atoms with Crippen molar-refractivity contribution < 1.29 is 23.9 Å². The van der Waals surface area contributed by atoms with Crippen molar-refractivity contribution >= 4 is 17.7 Å². The minimum atomic E-state index is -0.967. The molecule has 0 bridgehead atoms. The van der Waals surface area contributed by atoms with Crippen LogP contribution in [0.2, 0.25) is 0 Å². The van der Waals surface area contributed by atoms with Gasteiger partial charge in [-0.3, -0.25) is 14.4 Å². The Morgan fingerprint density at radius 1 is 1.17 bits per heavy atom. The molecule has 1 atom stereocenters. The Hall–Kier alpha value is -1.71. The zero-order valence-electron chi connectivity index (χ0n) is 13.7. The van der Waals surface area contributed by atoms with Crippen LogP contribution in [0.4, 0.5) is 0 Å². The number of rotatable bonds is 12. The lowest BCUT2D eigenvalue weighted by Gasteiger charge is -2.17. The first-order valence-electron chi connectivity index (χ1n) is 7.59. The summed E-state index contributed by atoms with van der Waals surface area (Å²) in [4.78, 5) is 36.6. The minimum absolute atomic E-state index is 0.0276. The van der Waals surface area contributed by atoms with Crippen LogP contribution in [0.5, 0.6) is 0 Å². The van der Waals surface area contributed by atoms with Gasteiger partial charge in [-0.1, -0.05) is 0 Å². The first-order valence-corrected chi connectivity index (χ1v) is 7.59. The summed E-state index contributed by atoms with van der Waals surface area (Å²) in [6.07, 6.45) is 1.84. The molecule has 0 saturated carbocycles. The van der Waals surface area contributed by atoms with Crippen LogP contribution < -0.4 is 16.4 Å². The molecular formula is C14H26N4O5. The van der Waals surface area contributed by atoms with Crippen molar-refractivity contribution in [2.45, 2.75) is 24.9 Å². The molecule has 1 rings (SSSR count). The lowest BCUT2D eigenvalue weighted by atomic mass is 10.1. The summed E-state index contributed by atoms with van der Waals surface area (Å²) in [7, 11) is 2.87. The second kappa shape index (κ2) is 9.43. The monoisotopic (exact) mass is 330 g/mol. The first kappa shape index (κ1) is 19.3. The smallest absolute Gasteiger partial charge is 0.271 e. The maximum absolute atomic E-state index is 12.1. The third kappa shape index (κ3) is 5.45. The number of methoxy groups -OCH3 is 2. The summed E-state index contributed by atoms with van der Waals surface area (Å²) in [6, 6.07) is 0. The van der Waals surface area contributed by atoms with Gasteiger partial charge in [-0.05, 0) is 19.3 Å². The van der Waals surface area contributed by atoms with E-state index in [1.165, 1.54) is 14.2 Å². The molecule has 0 aromatic rings. The van der Waals surface area contributed by atoms with E-state index >= 15 is 0 Å². The van der Waals surface area contributed by atoms with Crippen LogP contribution in [0.15, 0.2) is 0 Å². The quantitative estimate of drug-likeness (QED) is 0.286. The molecule has 9 heteroatoms. The van der Waals surface area contributed by atoms with Gasteiger partial charge in [0, 0.05) is 33.9 Å². The van der Waals surface area contributed by atoms with E-state index < -0.39 is 5.66 Å². The molecule has 3 amide bonds. The number of carbonyl (C=O) groups excluding carboxylic acids is 3. The molecule has 23 heavy (non-hydrogen) atoms. The Morgan fingerprint density at radius 3 is 2.43 bits per heavy atom. The topological polar surface area (TPSA) is 123 Å². The van der Waals surface area contributed by atoms with Crippen LogP contribution in [-0.4, -0.2) is 75.4 Å². The van der Waals surface area contributed by atoms with Crippen molar-refractivity contribution in [1.29, 1.82) is 0 Å². The fourth-order valence-electron chi connectivity index (χ4n) is 2.47. The summed E-state index contributed by atoms with van der Waals surface area (Å²) in [6.45, 7) is 1.16. The van der Waals surface area contributed by atoms with E-state index in [1.807, 2.05) is 0 Å². The van der Waals surface area contributed by atoms with Crippen molar-refractivity contribution in [3.8, 4) is 0 Å². The third-order valence-corrected chi connectivity index (χ3v) is 3.55. The second-order valence-electron chi connectivity index (χ2n) is 5.33. The minimum Gasteiger partial charge on any atom is -0.375 e. The third-order valence-electron chi connectivity index (χ3n) is 3.55. The Balaban J connectivity index is 2.41. The first-order chi connectivity index (χ1) is 11.0. The van der Waals surface area contributed by atoms with Crippen molar-refractivity contribution in [3.05, 3.63) is 0 Å². The van der Waals surface area contributed by atoms with Crippen LogP contribution in [0.1, 0.15) is 19.3 Å². The summed E-state index contributed by atoms with van der Waals surface area (Å²) in [5.41, 5.74) is 4.52. The summed E-state index contributed by atoms with van der Waals surface area (Å²) < 4.78 is 9.49. The van der Waals surface area contributed by atoms with Gasteiger partial charge in [0.15, 0.2) is 5.66 Å². The summed E-state index contributed by atoms with van der Waals surface area (Å²) in [5, 5.41) is 5.43. The molecule has 0 spiro atoms. The molecule has 1 heterocycles. The number of hydrogen-bond donors (Lipinski definition) is 3. The van der Waals surface area contributed by atoms with Gasteiger partial charge in [-0.2, -0.15) is 0 Å². The van der Waals surface area contributed by atoms with Gasteiger partial charge < -0.3 is 30.7 Å². The van der Waals surface area contributed by atoms with Gasteiger partial charge in [-0.15, -0.1) is 0 Å². The molecule has 0 radical (unpaired) electrons. The molecule has 1 fully saturated rings. The highest BCUT2D eigenvalue weighted by Gasteiger charge is 2.62. The van der Waals surface area contributed by atoms with Crippen LogP contribution in [0.3, 0.4) is 0 Å². The molecule has 0 aromatic heterocycles. The van der Waals surface area contributed by atoms with E-state index in [-0.39, 0.29) is 30.9 Å². The number of nitrogens with one attached hydrogen (secondary N) is 2. The number of unbranched alkanes of at least 4 members (excludes halogenated alkanes) is 1. The van der Waals surface area contributed by atoms with Crippen molar-refractivity contribution in [2.75, 3.05) is 47.1 Å². The molecule has 1 unspecified atom stereocenters. The lowest BCUT2D eigenvalue weighted by Crippen LogP contribution is -2.44. The number of carbonyl (C=O) groups is 3. The number of nitrogens with two attached hydrogens (primary N) is 1. The number of hydrogen-bond acceptors (Lipinski definition) is 6. The Morgan fingerprint density at radius 2 is 1.83 bits per heavy atom. The normalized spacial score (nSPS) is 19.6.